The molecule has 1 aromatic heterocycles. The van der Waals surface area contributed by atoms with Gasteiger partial charge in [-0.3, -0.25) is 9.69 Å². The standard InChI is InChI=1S/C25H23N3O4S2/c1-32-20-10-7-9-19(17-20)28(25-26-22-12-2-3-13-23(22)33-25)24(29)18-8-6-11-21(16-18)34(30,31)27-14-4-5-15-27/h2-3,6-13,16-17H,4-5,14-15H2,1H3. The van der Waals surface area contributed by atoms with Crippen LogP contribution in [-0.4, -0.2) is 43.8 Å². The van der Waals surface area contributed by atoms with Gasteiger partial charge in [0.2, 0.25) is 10.0 Å². The molecule has 0 spiro atoms. The number of rotatable bonds is 6. The average molecular weight is 494 g/mol. The van der Waals surface area contributed by atoms with Crippen molar-refractivity contribution in [1.82, 2.24) is 9.29 Å². The zero-order valence-electron chi connectivity index (χ0n) is 18.5. The van der Waals surface area contributed by atoms with Crippen molar-refractivity contribution >= 4 is 48.3 Å². The molecule has 0 N–H and O–H groups in total. The van der Waals surface area contributed by atoms with Crippen molar-refractivity contribution in [3.63, 3.8) is 0 Å². The molecule has 34 heavy (non-hydrogen) atoms. The number of carbonyl (C=O) groups is 1. The maximum absolute atomic E-state index is 13.9. The summed E-state index contributed by atoms with van der Waals surface area (Å²) in [6.45, 7) is 1.00. The fourth-order valence-electron chi connectivity index (χ4n) is 4.02. The summed E-state index contributed by atoms with van der Waals surface area (Å²) in [5.41, 5.74) is 1.63. The van der Waals surface area contributed by atoms with Crippen molar-refractivity contribution in [3.8, 4) is 5.75 Å². The molecule has 4 aromatic rings. The van der Waals surface area contributed by atoms with Crippen LogP contribution < -0.4 is 9.64 Å². The average Bonchev–Trinajstić information content (AvgIpc) is 3.55. The van der Waals surface area contributed by atoms with Gasteiger partial charge in [-0.2, -0.15) is 4.31 Å². The molecule has 0 bridgehead atoms. The molecule has 0 unspecified atom stereocenters. The molecule has 9 heteroatoms. The van der Waals surface area contributed by atoms with Gasteiger partial charge in [0.05, 0.1) is 27.9 Å². The van der Waals surface area contributed by atoms with E-state index in [-0.39, 0.29) is 16.4 Å². The van der Waals surface area contributed by atoms with E-state index in [0.29, 0.717) is 29.7 Å². The molecule has 1 saturated heterocycles. The second kappa shape index (κ2) is 9.17. The highest BCUT2D eigenvalue weighted by atomic mass is 32.2. The highest BCUT2D eigenvalue weighted by Crippen LogP contribution is 2.36. The van der Waals surface area contributed by atoms with Crippen LogP contribution in [0.4, 0.5) is 10.8 Å². The van der Waals surface area contributed by atoms with E-state index in [1.807, 2.05) is 24.3 Å². The third-order valence-corrected chi connectivity index (χ3v) is 8.69. The van der Waals surface area contributed by atoms with E-state index < -0.39 is 10.0 Å². The van der Waals surface area contributed by atoms with Gasteiger partial charge in [0.25, 0.3) is 5.91 Å². The number of hydrogen-bond donors (Lipinski definition) is 0. The van der Waals surface area contributed by atoms with Crippen LogP contribution in [0, 0.1) is 0 Å². The normalized spacial score (nSPS) is 14.4. The lowest BCUT2D eigenvalue weighted by molar-refractivity contribution is 0.0999. The molecular weight excluding hydrogens is 470 g/mol. The van der Waals surface area contributed by atoms with E-state index in [1.165, 1.54) is 32.7 Å². The lowest BCUT2D eigenvalue weighted by Gasteiger charge is -2.21. The summed E-state index contributed by atoms with van der Waals surface area (Å²) in [7, 11) is -2.09. The van der Waals surface area contributed by atoms with Gasteiger partial charge in [-0.15, -0.1) is 0 Å². The Kier molecular flexibility index (Phi) is 6.07. The third-order valence-electron chi connectivity index (χ3n) is 5.77. The minimum Gasteiger partial charge on any atom is -0.497 e. The Bertz CT molecular complexity index is 1430. The summed E-state index contributed by atoms with van der Waals surface area (Å²) in [5.74, 6) is 0.229. The molecule has 0 aliphatic carbocycles. The molecule has 1 aliphatic heterocycles. The molecule has 3 aromatic carbocycles. The quantitative estimate of drug-likeness (QED) is 0.375. The number of hydrogen-bond acceptors (Lipinski definition) is 6. The lowest BCUT2D eigenvalue weighted by atomic mass is 10.2. The van der Waals surface area contributed by atoms with Gasteiger partial charge >= 0.3 is 0 Å². The van der Waals surface area contributed by atoms with Crippen LogP contribution in [0.1, 0.15) is 23.2 Å². The van der Waals surface area contributed by atoms with Crippen molar-refractivity contribution < 1.29 is 17.9 Å². The van der Waals surface area contributed by atoms with Crippen LogP contribution in [0.25, 0.3) is 10.2 Å². The molecule has 0 saturated carbocycles. The minimum atomic E-state index is -3.65. The number of carbonyl (C=O) groups excluding carboxylic acids is 1. The zero-order chi connectivity index (χ0) is 23.7. The summed E-state index contributed by atoms with van der Waals surface area (Å²) in [5, 5.41) is 0.493. The second-order valence-corrected chi connectivity index (χ2v) is 10.9. The van der Waals surface area contributed by atoms with Crippen LogP contribution in [0.3, 0.4) is 0 Å². The number of thiazole rings is 1. The molecule has 0 atom stereocenters. The molecular formula is C25H23N3O4S2. The van der Waals surface area contributed by atoms with E-state index in [4.69, 9.17) is 4.74 Å². The van der Waals surface area contributed by atoms with E-state index in [9.17, 15) is 13.2 Å². The minimum absolute atomic E-state index is 0.121. The Morgan fingerprint density at radius 3 is 2.53 bits per heavy atom. The predicted octanol–water partition coefficient (Wildman–Crippen LogP) is 5.07. The van der Waals surface area contributed by atoms with Crippen molar-refractivity contribution in [2.24, 2.45) is 0 Å². The lowest BCUT2D eigenvalue weighted by Crippen LogP contribution is -2.29. The van der Waals surface area contributed by atoms with E-state index in [2.05, 4.69) is 4.98 Å². The SMILES string of the molecule is COc1cccc(N(C(=O)c2cccc(S(=O)(=O)N3CCCC3)c2)c2nc3ccccc3s2)c1. The molecule has 1 fully saturated rings. The predicted molar refractivity (Wildman–Crippen MR) is 134 cm³/mol. The van der Waals surface area contributed by atoms with Crippen molar-refractivity contribution in [2.75, 3.05) is 25.1 Å². The van der Waals surface area contributed by atoms with Gasteiger partial charge in [-0.1, -0.05) is 35.6 Å². The Labute approximate surface area is 202 Å². The highest BCUT2D eigenvalue weighted by Gasteiger charge is 2.29. The topological polar surface area (TPSA) is 79.8 Å². The van der Waals surface area contributed by atoms with E-state index >= 15 is 0 Å². The zero-order valence-corrected chi connectivity index (χ0v) is 20.2. The Morgan fingerprint density at radius 1 is 1.00 bits per heavy atom. The second-order valence-electron chi connectivity index (χ2n) is 7.95. The maximum Gasteiger partial charge on any atom is 0.264 e. The van der Waals surface area contributed by atoms with Gasteiger partial charge in [0, 0.05) is 24.7 Å². The Morgan fingerprint density at radius 2 is 1.76 bits per heavy atom. The van der Waals surface area contributed by atoms with Crippen LogP contribution in [0.15, 0.2) is 77.7 Å². The number of amides is 1. The number of aromatic nitrogens is 1. The van der Waals surface area contributed by atoms with Gasteiger partial charge in [0.1, 0.15) is 5.75 Å². The van der Waals surface area contributed by atoms with Crippen LogP contribution in [-0.2, 0) is 10.0 Å². The molecule has 1 aliphatic rings. The molecule has 7 nitrogen and oxygen atoms in total. The summed E-state index contributed by atoms with van der Waals surface area (Å²) < 4.78 is 34.0. The van der Waals surface area contributed by atoms with Crippen molar-refractivity contribution in [2.45, 2.75) is 17.7 Å². The molecule has 2 heterocycles. The molecule has 5 rings (SSSR count). The van der Waals surface area contributed by atoms with Gasteiger partial charge in [0.15, 0.2) is 5.13 Å². The van der Waals surface area contributed by atoms with Gasteiger partial charge in [-0.25, -0.2) is 13.4 Å². The number of benzene rings is 3. The Hall–Kier alpha value is -3.27. The Balaban J connectivity index is 1.60. The van der Waals surface area contributed by atoms with E-state index in [0.717, 1.165) is 23.1 Å². The summed E-state index contributed by atoms with van der Waals surface area (Å²) in [6, 6.07) is 21.1. The van der Waals surface area contributed by atoms with Gasteiger partial charge in [-0.05, 0) is 55.3 Å². The van der Waals surface area contributed by atoms with E-state index in [1.54, 1.807) is 43.5 Å². The number of anilines is 2. The summed E-state index contributed by atoms with van der Waals surface area (Å²) >= 11 is 1.39. The van der Waals surface area contributed by atoms with Crippen LogP contribution >= 0.6 is 11.3 Å². The van der Waals surface area contributed by atoms with Crippen LogP contribution in [0.5, 0.6) is 5.75 Å². The number of sulfonamides is 1. The number of ether oxygens (including phenoxy) is 1. The molecule has 1 amide bonds. The monoisotopic (exact) mass is 493 g/mol. The van der Waals surface area contributed by atoms with Gasteiger partial charge < -0.3 is 4.74 Å². The van der Waals surface area contributed by atoms with Crippen molar-refractivity contribution in [1.29, 1.82) is 0 Å². The smallest absolute Gasteiger partial charge is 0.264 e. The molecule has 0 radical (unpaired) electrons. The first-order valence-corrected chi connectivity index (χ1v) is 13.2. The fourth-order valence-corrected chi connectivity index (χ4v) is 6.56. The molecule has 174 valence electrons. The van der Waals surface area contributed by atoms with Crippen LogP contribution in [0.2, 0.25) is 0 Å². The highest BCUT2D eigenvalue weighted by molar-refractivity contribution is 7.89. The number of para-hydroxylation sites is 1. The largest absolute Gasteiger partial charge is 0.497 e. The first-order chi connectivity index (χ1) is 16.5. The first kappa shape index (κ1) is 22.5. The number of fused-ring (bicyclic) bond motifs is 1. The summed E-state index contributed by atoms with van der Waals surface area (Å²) in [6.07, 6.45) is 1.69. The number of nitrogens with zero attached hydrogens (tertiary/aromatic N) is 3. The van der Waals surface area contributed by atoms with Crippen molar-refractivity contribution in [3.05, 3.63) is 78.4 Å². The number of methoxy groups -OCH3 is 1. The maximum atomic E-state index is 13.9. The fraction of sp³-hybridized carbons (Fsp3) is 0.200. The first-order valence-electron chi connectivity index (χ1n) is 10.9. The third kappa shape index (κ3) is 4.18. The summed E-state index contributed by atoms with van der Waals surface area (Å²) in [4.78, 5) is 20.2.